The van der Waals surface area contributed by atoms with Crippen LogP contribution in [0.3, 0.4) is 0 Å². The smallest absolute Gasteiger partial charge is 0.401 e. The van der Waals surface area contributed by atoms with Crippen molar-refractivity contribution in [1.82, 2.24) is 15.1 Å². The van der Waals surface area contributed by atoms with Crippen LogP contribution >= 0.6 is 0 Å². The SMILES string of the molecule is CC(NC(=O)N1CCN(CC(F)(F)F)C(C)C1)c1ccco1. The molecule has 8 heteroatoms. The van der Waals surface area contributed by atoms with E-state index in [1.54, 1.807) is 26.0 Å². The molecule has 1 aromatic rings. The van der Waals surface area contributed by atoms with E-state index in [9.17, 15) is 18.0 Å². The molecule has 1 saturated heterocycles. The first kappa shape index (κ1) is 16.7. The molecule has 22 heavy (non-hydrogen) atoms. The van der Waals surface area contributed by atoms with Crippen LogP contribution in [0.2, 0.25) is 0 Å². The number of alkyl halides is 3. The average molecular weight is 319 g/mol. The summed E-state index contributed by atoms with van der Waals surface area (Å²) in [5.74, 6) is 0.636. The van der Waals surface area contributed by atoms with Gasteiger partial charge in [0.1, 0.15) is 5.76 Å². The molecule has 1 aliphatic heterocycles. The fourth-order valence-electron chi connectivity index (χ4n) is 2.53. The topological polar surface area (TPSA) is 48.7 Å². The van der Waals surface area contributed by atoms with E-state index in [0.717, 1.165) is 0 Å². The molecule has 5 nitrogen and oxygen atoms in total. The van der Waals surface area contributed by atoms with Gasteiger partial charge in [-0.3, -0.25) is 4.90 Å². The molecule has 2 atom stereocenters. The zero-order valence-electron chi connectivity index (χ0n) is 12.6. The van der Waals surface area contributed by atoms with Gasteiger partial charge >= 0.3 is 12.2 Å². The number of halogens is 3. The van der Waals surface area contributed by atoms with Gasteiger partial charge < -0.3 is 14.6 Å². The highest BCUT2D eigenvalue weighted by Gasteiger charge is 2.36. The fraction of sp³-hybridized carbons (Fsp3) is 0.643. The normalized spacial score (nSPS) is 21.7. The highest BCUT2D eigenvalue weighted by molar-refractivity contribution is 5.74. The van der Waals surface area contributed by atoms with Gasteiger partial charge in [-0.1, -0.05) is 0 Å². The van der Waals surface area contributed by atoms with E-state index >= 15 is 0 Å². The second-order valence-electron chi connectivity index (χ2n) is 5.57. The van der Waals surface area contributed by atoms with Gasteiger partial charge in [-0.25, -0.2) is 4.79 Å². The minimum Gasteiger partial charge on any atom is -0.467 e. The largest absolute Gasteiger partial charge is 0.467 e. The summed E-state index contributed by atoms with van der Waals surface area (Å²) in [6, 6.07) is 2.58. The lowest BCUT2D eigenvalue weighted by atomic mass is 10.2. The standard InChI is InChI=1S/C14H20F3N3O2/c1-10-8-19(5-6-20(10)9-14(15,16)17)13(21)18-11(2)12-4-3-7-22-12/h3-4,7,10-11H,5-6,8-9H2,1-2H3,(H,18,21). The zero-order valence-corrected chi connectivity index (χ0v) is 12.6. The van der Waals surface area contributed by atoms with E-state index in [-0.39, 0.29) is 37.7 Å². The summed E-state index contributed by atoms with van der Waals surface area (Å²) in [5, 5.41) is 2.79. The Hall–Kier alpha value is -1.70. The van der Waals surface area contributed by atoms with Gasteiger partial charge in [0.25, 0.3) is 0 Å². The first-order valence-electron chi connectivity index (χ1n) is 7.16. The Morgan fingerprint density at radius 1 is 1.50 bits per heavy atom. The number of urea groups is 1. The van der Waals surface area contributed by atoms with Crippen LogP contribution in [0.15, 0.2) is 22.8 Å². The molecule has 1 aromatic heterocycles. The molecule has 1 aliphatic rings. The van der Waals surface area contributed by atoms with Crippen molar-refractivity contribution in [3.8, 4) is 0 Å². The molecule has 0 saturated carbocycles. The molecule has 0 radical (unpaired) electrons. The maximum absolute atomic E-state index is 12.5. The average Bonchev–Trinajstić information content (AvgIpc) is 2.93. The lowest BCUT2D eigenvalue weighted by Crippen LogP contribution is -2.57. The third-order valence-corrected chi connectivity index (χ3v) is 3.74. The van der Waals surface area contributed by atoms with E-state index in [2.05, 4.69) is 5.32 Å². The Bertz CT molecular complexity index is 490. The third-order valence-electron chi connectivity index (χ3n) is 3.74. The van der Waals surface area contributed by atoms with Crippen molar-refractivity contribution in [3.63, 3.8) is 0 Å². The summed E-state index contributed by atoms with van der Waals surface area (Å²) in [6.07, 6.45) is -2.69. The number of rotatable bonds is 3. The molecule has 0 spiro atoms. The van der Waals surface area contributed by atoms with E-state index in [1.807, 2.05) is 0 Å². The number of furan rings is 1. The predicted octanol–water partition coefficient (Wildman–Crippen LogP) is 2.62. The van der Waals surface area contributed by atoms with Crippen molar-refractivity contribution in [2.24, 2.45) is 0 Å². The van der Waals surface area contributed by atoms with Crippen molar-refractivity contribution < 1.29 is 22.4 Å². The molecule has 2 amide bonds. The van der Waals surface area contributed by atoms with Crippen molar-refractivity contribution >= 4 is 6.03 Å². The molecular formula is C14H20F3N3O2. The second-order valence-corrected chi connectivity index (χ2v) is 5.57. The number of carbonyl (C=O) groups is 1. The van der Waals surface area contributed by atoms with Crippen molar-refractivity contribution in [2.75, 3.05) is 26.2 Å². The summed E-state index contributed by atoms with van der Waals surface area (Å²) in [6.45, 7) is 3.31. The minimum absolute atomic E-state index is 0.212. The second kappa shape index (κ2) is 6.60. The summed E-state index contributed by atoms with van der Waals surface area (Å²) in [5.41, 5.74) is 0. The zero-order chi connectivity index (χ0) is 16.3. The third kappa shape index (κ3) is 4.40. The molecule has 0 aliphatic carbocycles. The Labute approximate surface area is 127 Å². The monoisotopic (exact) mass is 319 g/mol. The number of nitrogens with one attached hydrogen (secondary N) is 1. The van der Waals surface area contributed by atoms with Gasteiger partial charge in [0.2, 0.25) is 0 Å². The van der Waals surface area contributed by atoms with Gasteiger partial charge in [0.05, 0.1) is 18.8 Å². The number of hydrogen-bond acceptors (Lipinski definition) is 3. The Morgan fingerprint density at radius 3 is 2.77 bits per heavy atom. The van der Waals surface area contributed by atoms with Crippen LogP contribution < -0.4 is 5.32 Å². The number of amides is 2. The first-order chi connectivity index (χ1) is 10.3. The van der Waals surface area contributed by atoms with Crippen LogP contribution in [0.5, 0.6) is 0 Å². The van der Waals surface area contributed by atoms with Crippen molar-refractivity contribution in [2.45, 2.75) is 32.1 Å². The quantitative estimate of drug-likeness (QED) is 0.932. The van der Waals surface area contributed by atoms with Crippen molar-refractivity contribution in [1.29, 1.82) is 0 Å². The van der Waals surface area contributed by atoms with Gasteiger partial charge in [0, 0.05) is 25.7 Å². The predicted molar refractivity (Wildman–Crippen MR) is 74.3 cm³/mol. The van der Waals surface area contributed by atoms with E-state index in [4.69, 9.17) is 4.42 Å². The van der Waals surface area contributed by atoms with E-state index in [0.29, 0.717) is 5.76 Å². The molecule has 2 rings (SSSR count). The van der Waals surface area contributed by atoms with Gasteiger partial charge in [-0.2, -0.15) is 13.2 Å². The van der Waals surface area contributed by atoms with Gasteiger partial charge in [0.15, 0.2) is 0 Å². The molecule has 0 bridgehead atoms. The van der Waals surface area contributed by atoms with Gasteiger partial charge in [-0.15, -0.1) is 0 Å². The maximum Gasteiger partial charge on any atom is 0.401 e. The van der Waals surface area contributed by atoms with Crippen LogP contribution in [-0.4, -0.2) is 54.2 Å². The summed E-state index contributed by atoms with van der Waals surface area (Å²) in [4.78, 5) is 15.1. The number of piperazine rings is 1. The van der Waals surface area contributed by atoms with Crippen LogP contribution in [0.1, 0.15) is 25.6 Å². The van der Waals surface area contributed by atoms with E-state index < -0.39 is 12.7 Å². The molecular weight excluding hydrogens is 299 g/mol. The molecule has 2 heterocycles. The van der Waals surface area contributed by atoms with Crippen molar-refractivity contribution in [3.05, 3.63) is 24.2 Å². The highest BCUT2D eigenvalue weighted by Crippen LogP contribution is 2.20. The Balaban J connectivity index is 1.86. The molecule has 2 unspecified atom stereocenters. The molecule has 0 aromatic carbocycles. The lowest BCUT2D eigenvalue weighted by Gasteiger charge is -2.40. The van der Waals surface area contributed by atoms with E-state index in [1.165, 1.54) is 16.1 Å². The summed E-state index contributed by atoms with van der Waals surface area (Å²) in [7, 11) is 0. The molecule has 1 fully saturated rings. The molecule has 1 N–H and O–H groups in total. The number of carbonyl (C=O) groups excluding carboxylic acids is 1. The van der Waals surface area contributed by atoms with Crippen LogP contribution in [0.4, 0.5) is 18.0 Å². The highest BCUT2D eigenvalue weighted by atomic mass is 19.4. The first-order valence-corrected chi connectivity index (χ1v) is 7.16. The maximum atomic E-state index is 12.5. The minimum atomic E-state index is -4.22. The van der Waals surface area contributed by atoms with Crippen LogP contribution in [0, 0.1) is 0 Å². The lowest BCUT2D eigenvalue weighted by molar-refractivity contribution is -0.153. The fourth-order valence-corrected chi connectivity index (χ4v) is 2.53. The van der Waals surface area contributed by atoms with Crippen LogP contribution in [0.25, 0.3) is 0 Å². The van der Waals surface area contributed by atoms with Gasteiger partial charge in [-0.05, 0) is 26.0 Å². The number of hydrogen-bond donors (Lipinski definition) is 1. The van der Waals surface area contributed by atoms with Crippen LogP contribution in [-0.2, 0) is 0 Å². The Morgan fingerprint density at radius 2 is 2.23 bits per heavy atom. The summed E-state index contributed by atoms with van der Waals surface area (Å²) >= 11 is 0. The Kier molecular flexibility index (Phi) is 5.00. The summed E-state index contributed by atoms with van der Waals surface area (Å²) < 4.78 is 42.6. The number of nitrogens with zero attached hydrogens (tertiary/aromatic N) is 2. The molecule has 124 valence electrons.